The highest BCUT2D eigenvalue weighted by molar-refractivity contribution is 6.08. The molecule has 31 heavy (non-hydrogen) atoms. The minimum atomic E-state index is -0.427. The number of aromatic nitrogens is 1. The molecule has 0 atom stereocenters. The van der Waals surface area contributed by atoms with E-state index < -0.39 is 11.8 Å². The number of benzene rings is 2. The molecule has 0 aliphatic rings. The fraction of sp³-hybridized carbons (Fsp3) is 0.130. The van der Waals surface area contributed by atoms with Gasteiger partial charge >= 0.3 is 0 Å². The molecule has 0 aliphatic heterocycles. The summed E-state index contributed by atoms with van der Waals surface area (Å²) in [6.07, 6.45) is 1.18. The molecule has 0 spiro atoms. The van der Waals surface area contributed by atoms with Crippen LogP contribution >= 0.6 is 0 Å². The number of rotatable bonds is 7. The maximum absolute atomic E-state index is 12.2. The summed E-state index contributed by atoms with van der Waals surface area (Å²) in [5, 5.41) is 7.91. The van der Waals surface area contributed by atoms with Crippen LogP contribution in [0.1, 0.15) is 22.5 Å². The summed E-state index contributed by atoms with van der Waals surface area (Å²) < 4.78 is 5.72. The first-order valence-corrected chi connectivity index (χ1v) is 9.56. The number of anilines is 2. The summed E-state index contributed by atoms with van der Waals surface area (Å²) >= 11 is 0. The van der Waals surface area contributed by atoms with Crippen LogP contribution in [0.3, 0.4) is 0 Å². The lowest BCUT2D eigenvalue weighted by Crippen LogP contribution is -2.21. The van der Waals surface area contributed by atoms with Crippen LogP contribution in [0.2, 0.25) is 0 Å². The van der Waals surface area contributed by atoms with Gasteiger partial charge < -0.3 is 20.7 Å². The molecule has 0 saturated carbocycles. The second-order valence-electron chi connectivity index (χ2n) is 6.67. The van der Waals surface area contributed by atoms with E-state index in [0.29, 0.717) is 22.9 Å². The molecule has 1 heterocycles. The second kappa shape index (κ2) is 10.0. The molecule has 0 radical (unpaired) electrons. The Morgan fingerprint density at radius 1 is 0.903 bits per heavy atom. The summed E-state index contributed by atoms with van der Waals surface area (Å²) in [5.74, 6) is -0.155. The minimum absolute atomic E-state index is 0.243. The molecule has 0 saturated heterocycles. The number of nitrogens with zero attached hydrogens (tertiary/aromatic N) is 1. The average Bonchev–Trinajstić information content (AvgIpc) is 2.76. The topological polar surface area (TPSA) is 109 Å². The smallest absolute Gasteiger partial charge is 0.269 e. The van der Waals surface area contributed by atoms with Gasteiger partial charge in [0.1, 0.15) is 23.6 Å². The van der Waals surface area contributed by atoms with Crippen LogP contribution < -0.4 is 20.7 Å². The monoisotopic (exact) mass is 418 g/mol. The molecule has 0 fully saturated rings. The van der Waals surface area contributed by atoms with Crippen molar-refractivity contribution in [1.82, 2.24) is 10.3 Å². The van der Waals surface area contributed by atoms with Crippen molar-refractivity contribution in [3.8, 4) is 11.5 Å². The predicted molar refractivity (Wildman–Crippen MR) is 117 cm³/mol. The Morgan fingerprint density at radius 3 is 2.32 bits per heavy atom. The van der Waals surface area contributed by atoms with Gasteiger partial charge in [-0.2, -0.15) is 0 Å². The SMILES string of the molecule is CNC(=O)c1cc(Oc2ccc(NC(=O)CC(=O)Nc3ccccc3C)cc2)ccn1. The third kappa shape index (κ3) is 6.14. The first kappa shape index (κ1) is 21.5. The molecule has 1 aromatic heterocycles. The zero-order chi connectivity index (χ0) is 22.2. The number of aryl methyl sites for hydroxylation is 1. The standard InChI is InChI=1S/C23H22N4O4/c1-15-5-3-4-6-19(15)27-22(29)14-21(28)26-16-7-9-17(10-8-16)31-18-11-12-25-20(13-18)23(30)24-2/h3-13H,14H2,1-2H3,(H,24,30)(H,26,28)(H,27,29). The van der Waals surface area contributed by atoms with Crippen molar-refractivity contribution in [2.24, 2.45) is 0 Å². The van der Waals surface area contributed by atoms with Crippen molar-refractivity contribution in [3.63, 3.8) is 0 Å². The van der Waals surface area contributed by atoms with Gasteiger partial charge in [-0.15, -0.1) is 0 Å². The van der Waals surface area contributed by atoms with E-state index in [1.807, 2.05) is 25.1 Å². The lowest BCUT2D eigenvalue weighted by atomic mass is 10.2. The molecule has 0 bridgehead atoms. The Balaban J connectivity index is 1.54. The van der Waals surface area contributed by atoms with E-state index in [2.05, 4.69) is 20.9 Å². The van der Waals surface area contributed by atoms with Crippen LogP contribution in [0.15, 0.2) is 66.9 Å². The average molecular weight is 418 g/mol. The lowest BCUT2D eigenvalue weighted by Gasteiger charge is -2.10. The first-order valence-electron chi connectivity index (χ1n) is 9.56. The van der Waals surface area contributed by atoms with E-state index in [-0.39, 0.29) is 18.0 Å². The van der Waals surface area contributed by atoms with Gasteiger partial charge in [-0.3, -0.25) is 19.4 Å². The van der Waals surface area contributed by atoms with Crippen LogP contribution in [0.5, 0.6) is 11.5 Å². The van der Waals surface area contributed by atoms with E-state index in [9.17, 15) is 14.4 Å². The number of nitrogens with one attached hydrogen (secondary N) is 3. The van der Waals surface area contributed by atoms with Gasteiger partial charge in [0.2, 0.25) is 11.8 Å². The minimum Gasteiger partial charge on any atom is -0.457 e. The van der Waals surface area contributed by atoms with Gasteiger partial charge in [0, 0.05) is 30.7 Å². The Morgan fingerprint density at radius 2 is 1.61 bits per heavy atom. The van der Waals surface area contributed by atoms with E-state index in [0.717, 1.165) is 5.56 Å². The van der Waals surface area contributed by atoms with Gasteiger partial charge in [0.15, 0.2) is 0 Å². The highest BCUT2D eigenvalue weighted by Gasteiger charge is 2.11. The second-order valence-corrected chi connectivity index (χ2v) is 6.67. The number of carbonyl (C=O) groups excluding carboxylic acids is 3. The number of carbonyl (C=O) groups is 3. The molecule has 2 aromatic carbocycles. The fourth-order valence-corrected chi connectivity index (χ4v) is 2.73. The normalized spacial score (nSPS) is 10.1. The first-order chi connectivity index (χ1) is 14.9. The molecule has 8 nitrogen and oxygen atoms in total. The molecule has 3 N–H and O–H groups in total. The summed E-state index contributed by atoms with van der Waals surface area (Å²) in [6, 6.07) is 17.2. The van der Waals surface area contributed by atoms with Gasteiger partial charge in [-0.1, -0.05) is 18.2 Å². The van der Waals surface area contributed by atoms with Crippen molar-refractivity contribution in [2.75, 3.05) is 17.7 Å². The number of ether oxygens (including phenoxy) is 1. The van der Waals surface area contributed by atoms with Crippen molar-refractivity contribution in [2.45, 2.75) is 13.3 Å². The van der Waals surface area contributed by atoms with Gasteiger partial charge in [-0.05, 0) is 48.9 Å². The van der Waals surface area contributed by atoms with E-state index in [1.54, 1.807) is 36.4 Å². The van der Waals surface area contributed by atoms with Crippen LogP contribution in [0, 0.1) is 6.92 Å². The van der Waals surface area contributed by atoms with E-state index in [4.69, 9.17) is 4.74 Å². The Hall–Kier alpha value is -4.20. The number of amides is 3. The quantitative estimate of drug-likeness (QED) is 0.509. The van der Waals surface area contributed by atoms with Crippen molar-refractivity contribution >= 4 is 29.1 Å². The maximum atomic E-state index is 12.2. The summed E-state index contributed by atoms with van der Waals surface area (Å²) in [7, 11) is 1.52. The van der Waals surface area contributed by atoms with Crippen molar-refractivity contribution in [3.05, 3.63) is 78.1 Å². The largest absolute Gasteiger partial charge is 0.457 e. The molecular weight excluding hydrogens is 396 g/mol. The summed E-state index contributed by atoms with van der Waals surface area (Å²) in [5.41, 5.74) is 2.37. The number of pyridine rings is 1. The molecule has 0 unspecified atom stereocenters. The highest BCUT2D eigenvalue weighted by atomic mass is 16.5. The third-order valence-corrected chi connectivity index (χ3v) is 4.31. The zero-order valence-electron chi connectivity index (χ0n) is 17.1. The molecule has 158 valence electrons. The van der Waals surface area contributed by atoms with Gasteiger partial charge in [-0.25, -0.2) is 0 Å². The van der Waals surface area contributed by atoms with Crippen LogP contribution in [-0.2, 0) is 9.59 Å². The van der Waals surface area contributed by atoms with Crippen molar-refractivity contribution < 1.29 is 19.1 Å². The molecule has 3 amide bonds. The Labute approximate surface area is 179 Å². The molecule has 0 aliphatic carbocycles. The number of para-hydroxylation sites is 1. The molecule has 3 aromatic rings. The van der Waals surface area contributed by atoms with E-state index >= 15 is 0 Å². The summed E-state index contributed by atoms with van der Waals surface area (Å²) in [4.78, 5) is 39.9. The third-order valence-electron chi connectivity index (χ3n) is 4.31. The van der Waals surface area contributed by atoms with Crippen LogP contribution in [-0.4, -0.2) is 29.8 Å². The molecular formula is C23H22N4O4. The number of hydrogen-bond donors (Lipinski definition) is 3. The molecule has 8 heteroatoms. The Bertz CT molecular complexity index is 1100. The number of hydrogen-bond acceptors (Lipinski definition) is 5. The fourth-order valence-electron chi connectivity index (χ4n) is 2.73. The molecule has 3 rings (SSSR count). The predicted octanol–water partition coefficient (Wildman–Crippen LogP) is 3.51. The van der Waals surface area contributed by atoms with Crippen LogP contribution in [0.25, 0.3) is 0 Å². The van der Waals surface area contributed by atoms with Crippen LogP contribution in [0.4, 0.5) is 11.4 Å². The lowest BCUT2D eigenvalue weighted by molar-refractivity contribution is -0.123. The van der Waals surface area contributed by atoms with Crippen molar-refractivity contribution in [1.29, 1.82) is 0 Å². The Kier molecular flexibility index (Phi) is 6.95. The summed E-state index contributed by atoms with van der Waals surface area (Å²) in [6.45, 7) is 1.88. The maximum Gasteiger partial charge on any atom is 0.269 e. The van der Waals surface area contributed by atoms with Gasteiger partial charge in [0.25, 0.3) is 5.91 Å². The highest BCUT2D eigenvalue weighted by Crippen LogP contribution is 2.23. The van der Waals surface area contributed by atoms with Gasteiger partial charge in [0.05, 0.1) is 0 Å². The van der Waals surface area contributed by atoms with E-state index in [1.165, 1.54) is 19.3 Å². The zero-order valence-corrected chi connectivity index (χ0v) is 17.1.